The van der Waals surface area contributed by atoms with Gasteiger partial charge in [-0.05, 0) is 49.6 Å². The van der Waals surface area contributed by atoms with Crippen LogP contribution in [0.2, 0.25) is 0 Å². The third-order valence-corrected chi connectivity index (χ3v) is 6.26. The number of rotatable bonds is 8. The molecule has 3 N–H and O–H groups in total. The first-order valence-electron chi connectivity index (χ1n) is 9.98. The molecule has 162 valence electrons. The summed E-state index contributed by atoms with van der Waals surface area (Å²) in [5, 5.41) is 22.2. The number of aryl methyl sites for hydroxylation is 1. The van der Waals surface area contributed by atoms with Gasteiger partial charge in [-0.25, -0.2) is 0 Å². The van der Waals surface area contributed by atoms with Gasteiger partial charge < -0.3 is 15.5 Å². The number of phenols is 2. The van der Waals surface area contributed by atoms with Gasteiger partial charge in [-0.15, -0.1) is 0 Å². The van der Waals surface area contributed by atoms with Crippen LogP contribution in [0.3, 0.4) is 0 Å². The molecule has 0 radical (unpaired) electrons. The number of amides is 2. The van der Waals surface area contributed by atoms with Crippen LogP contribution < -0.4 is 5.32 Å². The number of nitrogens with zero attached hydrogens (tertiary/aromatic N) is 1. The number of phenolic OH excluding ortho intramolecular Hbond substituents is 2. The van der Waals surface area contributed by atoms with Crippen molar-refractivity contribution in [2.24, 2.45) is 0 Å². The van der Waals surface area contributed by atoms with E-state index >= 15 is 0 Å². The normalized spacial score (nSPS) is 15.0. The third kappa shape index (κ3) is 6.08. The monoisotopic (exact) mass is 456 g/mol. The summed E-state index contributed by atoms with van der Waals surface area (Å²) in [7, 11) is 0. The summed E-state index contributed by atoms with van der Waals surface area (Å²) in [4.78, 5) is 26.8. The van der Waals surface area contributed by atoms with Gasteiger partial charge in [-0.3, -0.25) is 14.5 Å². The molecule has 2 aromatic rings. The highest BCUT2D eigenvalue weighted by molar-refractivity contribution is 8.26. The molecule has 1 fully saturated rings. The number of thioether (sulfide) groups is 1. The minimum atomic E-state index is -0.195. The summed E-state index contributed by atoms with van der Waals surface area (Å²) in [5.74, 6) is -0.361. The number of anilines is 1. The third-order valence-electron chi connectivity index (χ3n) is 4.88. The summed E-state index contributed by atoms with van der Waals surface area (Å²) in [6.45, 7) is 2.44. The van der Waals surface area contributed by atoms with Gasteiger partial charge >= 0.3 is 0 Å². The Kier molecular flexibility index (Phi) is 7.70. The zero-order valence-electron chi connectivity index (χ0n) is 17.1. The Morgan fingerprint density at radius 1 is 1.16 bits per heavy atom. The van der Waals surface area contributed by atoms with Crippen LogP contribution in [0.1, 0.15) is 36.8 Å². The van der Waals surface area contributed by atoms with E-state index in [0.29, 0.717) is 27.8 Å². The fourth-order valence-corrected chi connectivity index (χ4v) is 4.45. The number of benzene rings is 2. The molecule has 0 atom stereocenters. The van der Waals surface area contributed by atoms with Crippen LogP contribution in [0.15, 0.2) is 47.4 Å². The molecule has 1 aliphatic rings. The molecule has 2 aromatic carbocycles. The molecule has 0 bridgehead atoms. The summed E-state index contributed by atoms with van der Waals surface area (Å²) in [6, 6.07) is 11.9. The van der Waals surface area contributed by atoms with Crippen molar-refractivity contribution < 1.29 is 19.8 Å². The molecule has 1 saturated heterocycles. The van der Waals surface area contributed by atoms with Crippen LogP contribution in [0.5, 0.6) is 11.5 Å². The first-order chi connectivity index (χ1) is 14.8. The molecule has 3 rings (SSSR count). The van der Waals surface area contributed by atoms with Gasteiger partial charge in [-0.1, -0.05) is 48.6 Å². The standard InChI is InChI=1S/C23H24N2O4S2/c1-15-7-4-5-8-18(15)24-21(28)9-3-2-6-12-25-22(29)20(31-23(25)30)13-16-10-11-17(26)14-19(16)27/h4-5,7-8,10-11,13-14,26-27H,2-3,6,9,12H2,1H3,(H,24,28)/b20-13-. The Labute approximate surface area is 191 Å². The predicted molar refractivity (Wildman–Crippen MR) is 128 cm³/mol. The summed E-state index contributed by atoms with van der Waals surface area (Å²) in [6.07, 6.45) is 4.26. The van der Waals surface area contributed by atoms with E-state index < -0.39 is 0 Å². The number of hydrogen-bond donors (Lipinski definition) is 3. The lowest BCUT2D eigenvalue weighted by Gasteiger charge is -2.14. The number of thiocarbonyl (C=S) groups is 1. The summed E-state index contributed by atoms with van der Waals surface area (Å²) < 4.78 is 0.479. The van der Waals surface area contributed by atoms with Gasteiger partial charge in [0, 0.05) is 30.3 Å². The second-order valence-electron chi connectivity index (χ2n) is 7.25. The van der Waals surface area contributed by atoms with Crippen molar-refractivity contribution in [2.75, 3.05) is 11.9 Å². The fourth-order valence-electron chi connectivity index (χ4n) is 3.15. The van der Waals surface area contributed by atoms with Crippen LogP contribution in [0, 0.1) is 6.92 Å². The van der Waals surface area contributed by atoms with Gasteiger partial charge in [0.05, 0.1) is 4.91 Å². The molecule has 1 aliphatic heterocycles. The maximum Gasteiger partial charge on any atom is 0.266 e. The Morgan fingerprint density at radius 3 is 2.68 bits per heavy atom. The Balaban J connectivity index is 1.45. The van der Waals surface area contributed by atoms with Gasteiger partial charge in [0.25, 0.3) is 5.91 Å². The highest BCUT2D eigenvalue weighted by Gasteiger charge is 2.31. The van der Waals surface area contributed by atoms with Crippen LogP contribution >= 0.6 is 24.0 Å². The van der Waals surface area contributed by atoms with Crippen LogP contribution in [-0.2, 0) is 9.59 Å². The van der Waals surface area contributed by atoms with Crippen LogP contribution in [0.4, 0.5) is 5.69 Å². The second-order valence-corrected chi connectivity index (χ2v) is 8.93. The van der Waals surface area contributed by atoms with Crippen molar-refractivity contribution >= 4 is 51.9 Å². The first-order valence-corrected chi connectivity index (χ1v) is 11.2. The lowest BCUT2D eigenvalue weighted by molar-refractivity contribution is -0.122. The predicted octanol–water partition coefficient (Wildman–Crippen LogP) is 4.81. The van der Waals surface area contributed by atoms with Crippen LogP contribution in [-0.4, -0.2) is 37.8 Å². The minimum absolute atomic E-state index is 0.0171. The zero-order chi connectivity index (χ0) is 22.4. The average molecular weight is 457 g/mol. The summed E-state index contributed by atoms with van der Waals surface area (Å²) >= 11 is 6.52. The number of aromatic hydroxyl groups is 2. The highest BCUT2D eigenvalue weighted by atomic mass is 32.2. The second kappa shape index (κ2) is 10.5. The van der Waals surface area contributed by atoms with E-state index in [-0.39, 0.29) is 23.3 Å². The number of unbranched alkanes of at least 4 members (excludes halogenated alkanes) is 2. The van der Waals surface area contributed by atoms with Crippen LogP contribution in [0.25, 0.3) is 6.08 Å². The topological polar surface area (TPSA) is 89.9 Å². The smallest absolute Gasteiger partial charge is 0.266 e. The molecule has 0 spiro atoms. The SMILES string of the molecule is Cc1ccccc1NC(=O)CCCCCN1C(=O)/C(=C/c2ccc(O)cc2O)SC1=S. The molecule has 8 heteroatoms. The van der Waals surface area contributed by atoms with Crippen molar-refractivity contribution in [3.05, 3.63) is 58.5 Å². The number of nitrogens with one attached hydrogen (secondary N) is 1. The molecule has 2 amide bonds. The molecular weight excluding hydrogens is 432 g/mol. The number of para-hydroxylation sites is 1. The van der Waals surface area contributed by atoms with E-state index in [1.165, 1.54) is 23.9 Å². The molecule has 0 aliphatic carbocycles. The van der Waals surface area contributed by atoms with E-state index in [0.717, 1.165) is 30.5 Å². The van der Waals surface area contributed by atoms with Crippen molar-refractivity contribution in [1.82, 2.24) is 4.90 Å². The lowest BCUT2D eigenvalue weighted by atomic mass is 10.1. The van der Waals surface area contributed by atoms with Gasteiger partial charge in [0.2, 0.25) is 5.91 Å². The number of hydrogen-bond acceptors (Lipinski definition) is 6. The summed E-state index contributed by atoms with van der Waals surface area (Å²) in [5.41, 5.74) is 2.30. The van der Waals surface area contributed by atoms with Gasteiger partial charge in [-0.2, -0.15) is 0 Å². The molecular formula is C23H24N2O4S2. The molecule has 0 unspecified atom stereocenters. The molecule has 6 nitrogen and oxygen atoms in total. The maximum atomic E-state index is 12.7. The highest BCUT2D eigenvalue weighted by Crippen LogP contribution is 2.35. The van der Waals surface area contributed by atoms with E-state index in [1.54, 1.807) is 17.0 Å². The van der Waals surface area contributed by atoms with Crippen molar-refractivity contribution in [3.63, 3.8) is 0 Å². The number of carbonyl (C=O) groups is 2. The molecule has 0 saturated carbocycles. The quantitative estimate of drug-likeness (QED) is 0.300. The maximum absolute atomic E-state index is 12.7. The largest absolute Gasteiger partial charge is 0.508 e. The van der Waals surface area contributed by atoms with Crippen molar-refractivity contribution in [2.45, 2.75) is 32.6 Å². The average Bonchev–Trinajstić information content (AvgIpc) is 2.99. The Morgan fingerprint density at radius 2 is 1.94 bits per heavy atom. The van der Waals surface area contributed by atoms with E-state index in [4.69, 9.17) is 12.2 Å². The fraction of sp³-hybridized carbons (Fsp3) is 0.261. The number of carbonyl (C=O) groups excluding carboxylic acids is 2. The van der Waals surface area contributed by atoms with Crippen molar-refractivity contribution in [1.29, 1.82) is 0 Å². The Bertz CT molecular complexity index is 1040. The zero-order valence-corrected chi connectivity index (χ0v) is 18.8. The molecule has 31 heavy (non-hydrogen) atoms. The van der Waals surface area contributed by atoms with E-state index in [1.807, 2.05) is 31.2 Å². The molecule has 1 heterocycles. The Hall–Kier alpha value is -2.84. The van der Waals surface area contributed by atoms with E-state index in [2.05, 4.69) is 5.32 Å². The van der Waals surface area contributed by atoms with Gasteiger partial charge in [0.1, 0.15) is 15.8 Å². The van der Waals surface area contributed by atoms with Crippen molar-refractivity contribution in [3.8, 4) is 11.5 Å². The molecule has 0 aromatic heterocycles. The minimum Gasteiger partial charge on any atom is -0.508 e. The van der Waals surface area contributed by atoms with E-state index in [9.17, 15) is 19.8 Å². The van der Waals surface area contributed by atoms with Gasteiger partial charge in [0.15, 0.2) is 0 Å². The first kappa shape index (κ1) is 22.8. The lowest BCUT2D eigenvalue weighted by Crippen LogP contribution is -2.29.